The topological polar surface area (TPSA) is 81.5 Å². The molecule has 0 aliphatic rings. The minimum Gasteiger partial charge on any atom is -0.497 e. The third-order valence-electron chi connectivity index (χ3n) is 2.39. The minimum absolute atomic E-state index is 0.0194. The second-order valence-corrected chi connectivity index (χ2v) is 3.75. The molecule has 2 rings (SSSR count). The number of methoxy groups -OCH3 is 1. The van der Waals surface area contributed by atoms with E-state index in [4.69, 9.17) is 14.6 Å². The van der Waals surface area contributed by atoms with Crippen LogP contribution in [0.5, 0.6) is 17.5 Å². The first-order valence-corrected chi connectivity index (χ1v) is 5.49. The molecule has 6 heteroatoms. The predicted octanol–water partition coefficient (Wildman–Crippen LogP) is 2.28. The minimum atomic E-state index is -1.09. The SMILES string of the molecule is COc1ccc(C(=O)O)c(Oc2nccc(C)n2)c1. The second-order valence-electron chi connectivity index (χ2n) is 3.75. The average Bonchev–Trinajstić information content (AvgIpc) is 2.38. The molecule has 0 fully saturated rings. The van der Waals surface area contributed by atoms with Crippen molar-refractivity contribution in [1.29, 1.82) is 0 Å². The van der Waals surface area contributed by atoms with E-state index in [0.29, 0.717) is 5.75 Å². The summed E-state index contributed by atoms with van der Waals surface area (Å²) in [5.41, 5.74) is 0.746. The molecule has 1 aromatic heterocycles. The van der Waals surface area contributed by atoms with Crippen LogP contribution in [0.3, 0.4) is 0 Å². The molecule has 2 aromatic rings. The molecule has 19 heavy (non-hydrogen) atoms. The number of carboxylic acid groups (broad SMARTS) is 1. The molecule has 0 radical (unpaired) electrons. The summed E-state index contributed by atoms with van der Waals surface area (Å²) in [5, 5.41) is 9.10. The van der Waals surface area contributed by atoms with E-state index < -0.39 is 5.97 Å². The monoisotopic (exact) mass is 260 g/mol. The lowest BCUT2D eigenvalue weighted by atomic mass is 10.2. The maximum atomic E-state index is 11.1. The summed E-state index contributed by atoms with van der Waals surface area (Å²) in [6.07, 6.45) is 1.54. The number of hydrogen-bond acceptors (Lipinski definition) is 5. The highest BCUT2D eigenvalue weighted by Gasteiger charge is 2.14. The van der Waals surface area contributed by atoms with Gasteiger partial charge in [0.15, 0.2) is 0 Å². The van der Waals surface area contributed by atoms with E-state index in [0.717, 1.165) is 5.69 Å². The van der Waals surface area contributed by atoms with Gasteiger partial charge < -0.3 is 14.6 Å². The highest BCUT2D eigenvalue weighted by atomic mass is 16.5. The molecule has 1 N–H and O–H groups in total. The molecule has 0 bridgehead atoms. The molecular formula is C13H12N2O4. The molecule has 6 nitrogen and oxygen atoms in total. The van der Waals surface area contributed by atoms with Crippen LogP contribution in [0, 0.1) is 6.92 Å². The van der Waals surface area contributed by atoms with Crippen LogP contribution in [0.15, 0.2) is 30.5 Å². The van der Waals surface area contributed by atoms with Crippen molar-refractivity contribution in [3.63, 3.8) is 0 Å². The van der Waals surface area contributed by atoms with Crippen LogP contribution in [-0.4, -0.2) is 28.2 Å². The number of aromatic carboxylic acids is 1. The highest BCUT2D eigenvalue weighted by Crippen LogP contribution is 2.27. The lowest BCUT2D eigenvalue weighted by Crippen LogP contribution is -2.02. The van der Waals surface area contributed by atoms with E-state index in [2.05, 4.69) is 9.97 Å². The summed E-state index contributed by atoms with van der Waals surface area (Å²) in [6.45, 7) is 1.79. The van der Waals surface area contributed by atoms with Crippen molar-refractivity contribution in [3.8, 4) is 17.5 Å². The molecule has 0 saturated heterocycles. The Morgan fingerprint density at radius 1 is 1.32 bits per heavy atom. The van der Waals surface area contributed by atoms with E-state index in [1.165, 1.54) is 25.4 Å². The molecule has 0 amide bonds. The quantitative estimate of drug-likeness (QED) is 0.908. The van der Waals surface area contributed by atoms with E-state index in [9.17, 15) is 4.79 Å². The Balaban J connectivity index is 2.39. The fourth-order valence-electron chi connectivity index (χ4n) is 1.46. The van der Waals surface area contributed by atoms with Gasteiger partial charge in [0.2, 0.25) is 0 Å². The van der Waals surface area contributed by atoms with Gasteiger partial charge in [0.05, 0.1) is 7.11 Å². The van der Waals surface area contributed by atoms with Gasteiger partial charge in [-0.05, 0) is 25.1 Å². The Bertz CT molecular complexity index is 613. The lowest BCUT2D eigenvalue weighted by Gasteiger charge is -2.09. The molecule has 0 aliphatic carbocycles. The van der Waals surface area contributed by atoms with Crippen LogP contribution in [0.4, 0.5) is 0 Å². The molecule has 1 aromatic carbocycles. The highest BCUT2D eigenvalue weighted by molar-refractivity contribution is 5.91. The van der Waals surface area contributed by atoms with Gasteiger partial charge in [-0.3, -0.25) is 0 Å². The van der Waals surface area contributed by atoms with Crippen LogP contribution >= 0.6 is 0 Å². The van der Waals surface area contributed by atoms with Gasteiger partial charge >= 0.3 is 12.0 Å². The van der Waals surface area contributed by atoms with Crippen LogP contribution in [-0.2, 0) is 0 Å². The van der Waals surface area contributed by atoms with Gasteiger partial charge in [-0.25, -0.2) is 14.8 Å². The van der Waals surface area contributed by atoms with Gasteiger partial charge in [0.1, 0.15) is 17.1 Å². The number of aryl methyl sites for hydroxylation is 1. The average molecular weight is 260 g/mol. The number of carbonyl (C=O) groups is 1. The maximum Gasteiger partial charge on any atom is 0.339 e. The van der Waals surface area contributed by atoms with E-state index >= 15 is 0 Å². The summed E-state index contributed by atoms with van der Waals surface area (Å²) in [4.78, 5) is 19.1. The number of ether oxygens (including phenoxy) is 2. The molecule has 0 saturated carbocycles. The van der Waals surface area contributed by atoms with Crippen LogP contribution in [0.25, 0.3) is 0 Å². The first-order chi connectivity index (χ1) is 9.10. The summed E-state index contributed by atoms with van der Waals surface area (Å²) in [7, 11) is 1.49. The number of hydrogen-bond donors (Lipinski definition) is 1. The van der Waals surface area contributed by atoms with Crippen molar-refractivity contribution in [2.24, 2.45) is 0 Å². The van der Waals surface area contributed by atoms with Crippen molar-refractivity contribution in [2.45, 2.75) is 6.92 Å². The molecule has 1 heterocycles. The van der Waals surface area contributed by atoms with Crippen LogP contribution in [0.2, 0.25) is 0 Å². The first kappa shape index (κ1) is 12.8. The summed E-state index contributed by atoms with van der Waals surface area (Å²) in [6, 6.07) is 6.25. The summed E-state index contributed by atoms with van der Waals surface area (Å²) < 4.78 is 10.4. The van der Waals surface area contributed by atoms with Crippen molar-refractivity contribution in [3.05, 3.63) is 41.7 Å². The second kappa shape index (κ2) is 5.34. The summed E-state index contributed by atoms with van der Waals surface area (Å²) in [5.74, 6) is -0.463. The van der Waals surface area contributed by atoms with Gasteiger partial charge in [-0.2, -0.15) is 0 Å². The molecule has 98 valence electrons. The fourth-order valence-corrected chi connectivity index (χ4v) is 1.46. The number of carboxylic acids is 1. The zero-order chi connectivity index (χ0) is 13.8. The van der Waals surface area contributed by atoms with Crippen molar-refractivity contribution < 1.29 is 19.4 Å². The van der Waals surface area contributed by atoms with Gasteiger partial charge in [-0.1, -0.05) is 0 Å². The number of rotatable bonds is 4. The summed E-state index contributed by atoms with van der Waals surface area (Å²) >= 11 is 0. The maximum absolute atomic E-state index is 11.1. The van der Waals surface area contributed by atoms with E-state index in [-0.39, 0.29) is 17.3 Å². The number of benzene rings is 1. The molecule has 0 spiro atoms. The van der Waals surface area contributed by atoms with E-state index in [1.54, 1.807) is 19.1 Å². The fraction of sp³-hybridized carbons (Fsp3) is 0.154. The Kier molecular flexibility index (Phi) is 3.61. The standard InChI is InChI=1S/C13H12N2O4/c1-8-5-6-14-13(15-8)19-11-7-9(18-2)3-4-10(11)12(16)17/h3-7H,1-2H3,(H,16,17). The van der Waals surface area contributed by atoms with Gasteiger partial charge in [-0.15, -0.1) is 0 Å². The zero-order valence-corrected chi connectivity index (χ0v) is 10.5. The largest absolute Gasteiger partial charge is 0.497 e. The Morgan fingerprint density at radius 2 is 2.11 bits per heavy atom. The van der Waals surface area contributed by atoms with Crippen LogP contribution in [0.1, 0.15) is 16.1 Å². The smallest absolute Gasteiger partial charge is 0.339 e. The Morgan fingerprint density at radius 3 is 2.74 bits per heavy atom. The van der Waals surface area contributed by atoms with Crippen molar-refractivity contribution >= 4 is 5.97 Å². The van der Waals surface area contributed by atoms with Crippen molar-refractivity contribution in [2.75, 3.05) is 7.11 Å². The van der Waals surface area contributed by atoms with Crippen LogP contribution < -0.4 is 9.47 Å². The van der Waals surface area contributed by atoms with E-state index in [1.807, 2.05) is 0 Å². The predicted molar refractivity (Wildman–Crippen MR) is 66.8 cm³/mol. The zero-order valence-electron chi connectivity index (χ0n) is 10.5. The van der Waals surface area contributed by atoms with Gasteiger partial charge in [0, 0.05) is 18.0 Å². The van der Waals surface area contributed by atoms with Gasteiger partial charge in [0.25, 0.3) is 0 Å². The molecule has 0 atom stereocenters. The molecule has 0 aliphatic heterocycles. The first-order valence-electron chi connectivity index (χ1n) is 5.49. The molecule has 0 unspecified atom stereocenters. The normalized spacial score (nSPS) is 10.0. The number of aromatic nitrogens is 2. The van der Waals surface area contributed by atoms with Crippen molar-refractivity contribution in [1.82, 2.24) is 9.97 Å². The number of nitrogens with zero attached hydrogens (tertiary/aromatic N) is 2. The Labute approximate surface area is 109 Å². The molecular weight excluding hydrogens is 248 g/mol. The third-order valence-corrected chi connectivity index (χ3v) is 2.39. The Hall–Kier alpha value is -2.63. The lowest BCUT2D eigenvalue weighted by molar-refractivity contribution is 0.0694. The third kappa shape index (κ3) is 2.98.